The summed E-state index contributed by atoms with van der Waals surface area (Å²) in [6.07, 6.45) is 3.75. The molecule has 4 nitrogen and oxygen atoms in total. The zero-order valence-electron chi connectivity index (χ0n) is 11.4. The molecule has 2 bridgehead atoms. The van der Waals surface area contributed by atoms with Crippen LogP contribution in [0.1, 0.15) is 35.2 Å². The van der Waals surface area contributed by atoms with Gasteiger partial charge in [0, 0.05) is 12.7 Å². The van der Waals surface area contributed by atoms with Gasteiger partial charge in [0.2, 0.25) is 0 Å². The summed E-state index contributed by atoms with van der Waals surface area (Å²) in [5, 5.41) is 6.20. The molecule has 0 aromatic heterocycles. The van der Waals surface area contributed by atoms with Crippen LogP contribution in [0.4, 0.5) is 5.69 Å². The van der Waals surface area contributed by atoms with Crippen LogP contribution in [0.15, 0.2) is 18.2 Å². The van der Waals surface area contributed by atoms with Crippen LogP contribution >= 0.6 is 0 Å². The number of ether oxygens (including phenoxy) is 1. The molecule has 2 aliphatic rings. The summed E-state index contributed by atoms with van der Waals surface area (Å²) >= 11 is 0. The number of nitrogens with one attached hydrogen (secondary N) is 2. The molecule has 1 amide bonds. The van der Waals surface area contributed by atoms with Crippen LogP contribution in [0.3, 0.4) is 0 Å². The SMILES string of the molecule is CNc1ccc(C)cc1C(=O)NC1CC2CCC1O2. The maximum atomic E-state index is 12.4. The van der Waals surface area contributed by atoms with Crippen molar-refractivity contribution in [1.29, 1.82) is 0 Å². The lowest BCUT2D eigenvalue weighted by molar-refractivity contribution is 0.0841. The van der Waals surface area contributed by atoms with Crippen molar-refractivity contribution in [3.63, 3.8) is 0 Å². The van der Waals surface area contributed by atoms with Gasteiger partial charge >= 0.3 is 0 Å². The van der Waals surface area contributed by atoms with Crippen LogP contribution in [0.25, 0.3) is 0 Å². The monoisotopic (exact) mass is 260 g/mol. The zero-order valence-corrected chi connectivity index (χ0v) is 11.4. The number of carbonyl (C=O) groups excluding carboxylic acids is 1. The van der Waals surface area contributed by atoms with Crippen molar-refractivity contribution < 1.29 is 9.53 Å². The maximum absolute atomic E-state index is 12.4. The van der Waals surface area contributed by atoms with E-state index >= 15 is 0 Å². The van der Waals surface area contributed by atoms with E-state index < -0.39 is 0 Å². The molecule has 102 valence electrons. The summed E-state index contributed by atoms with van der Waals surface area (Å²) in [6.45, 7) is 2.00. The summed E-state index contributed by atoms with van der Waals surface area (Å²) in [7, 11) is 1.84. The van der Waals surface area contributed by atoms with Crippen molar-refractivity contribution in [3.8, 4) is 0 Å². The Balaban J connectivity index is 1.75. The third-order valence-corrected chi connectivity index (χ3v) is 4.11. The first-order valence-electron chi connectivity index (χ1n) is 6.92. The molecule has 19 heavy (non-hydrogen) atoms. The Bertz CT molecular complexity index is 501. The van der Waals surface area contributed by atoms with Crippen LogP contribution in [-0.2, 0) is 4.74 Å². The molecule has 4 heteroatoms. The van der Waals surface area contributed by atoms with Crippen molar-refractivity contribution in [1.82, 2.24) is 5.32 Å². The highest BCUT2D eigenvalue weighted by Gasteiger charge is 2.41. The molecule has 0 saturated carbocycles. The van der Waals surface area contributed by atoms with Gasteiger partial charge in [-0.2, -0.15) is 0 Å². The van der Waals surface area contributed by atoms with E-state index in [0.29, 0.717) is 11.7 Å². The topological polar surface area (TPSA) is 50.4 Å². The minimum Gasteiger partial charge on any atom is -0.387 e. The molecule has 2 aliphatic heterocycles. The fourth-order valence-corrected chi connectivity index (χ4v) is 3.10. The molecule has 3 unspecified atom stereocenters. The number of hydrogen-bond acceptors (Lipinski definition) is 3. The number of hydrogen-bond donors (Lipinski definition) is 2. The fraction of sp³-hybridized carbons (Fsp3) is 0.533. The molecule has 0 spiro atoms. The number of benzene rings is 1. The van der Waals surface area contributed by atoms with Gasteiger partial charge in [-0.1, -0.05) is 11.6 Å². The van der Waals surface area contributed by atoms with Gasteiger partial charge in [-0.15, -0.1) is 0 Å². The molecule has 3 rings (SSSR count). The van der Waals surface area contributed by atoms with E-state index in [9.17, 15) is 4.79 Å². The van der Waals surface area contributed by atoms with E-state index in [1.807, 2.05) is 32.2 Å². The van der Waals surface area contributed by atoms with Gasteiger partial charge in [0.1, 0.15) is 0 Å². The Morgan fingerprint density at radius 2 is 2.21 bits per heavy atom. The molecular weight excluding hydrogens is 240 g/mol. The summed E-state index contributed by atoms with van der Waals surface area (Å²) < 4.78 is 5.77. The summed E-state index contributed by atoms with van der Waals surface area (Å²) in [5.74, 6) is -0.00537. The van der Waals surface area contributed by atoms with Crippen molar-refractivity contribution >= 4 is 11.6 Å². The molecule has 0 radical (unpaired) electrons. The summed E-state index contributed by atoms with van der Waals surface area (Å²) in [5.41, 5.74) is 2.67. The van der Waals surface area contributed by atoms with Crippen molar-refractivity contribution in [3.05, 3.63) is 29.3 Å². The largest absolute Gasteiger partial charge is 0.387 e. The molecule has 2 fully saturated rings. The first-order valence-corrected chi connectivity index (χ1v) is 6.92. The highest BCUT2D eigenvalue weighted by Crippen LogP contribution is 2.34. The lowest BCUT2D eigenvalue weighted by Crippen LogP contribution is -2.41. The second-order valence-corrected chi connectivity index (χ2v) is 5.49. The smallest absolute Gasteiger partial charge is 0.253 e. The lowest BCUT2D eigenvalue weighted by Gasteiger charge is -2.21. The van der Waals surface area contributed by atoms with E-state index in [-0.39, 0.29) is 18.1 Å². The Hall–Kier alpha value is -1.55. The van der Waals surface area contributed by atoms with Gasteiger partial charge < -0.3 is 15.4 Å². The zero-order chi connectivity index (χ0) is 13.4. The highest BCUT2D eigenvalue weighted by molar-refractivity contribution is 6.00. The van der Waals surface area contributed by atoms with Gasteiger partial charge in [-0.05, 0) is 38.3 Å². The quantitative estimate of drug-likeness (QED) is 0.875. The molecule has 3 atom stereocenters. The molecule has 2 saturated heterocycles. The second kappa shape index (κ2) is 4.85. The predicted octanol–water partition coefficient (Wildman–Crippen LogP) is 2.09. The standard InChI is InChI=1S/C15H20N2O2/c1-9-3-5-12(16-2)11(7-9)15(18)17-13-8-10-4-6-14(13)19-10/h3,5,7,10,13-14,16H,4,6,8H2,1-2H3,(H,17,18). The Kier molecular flexibility index (Phi) is 3.19. The summed E-state index contributed by atoms with van der Waals surface area (Å²) in [6, 6.07) is 6.05. The van der Waals surface area contributed by atoms with Crippen molar-refractivity contribution in [2.45, 2.75) is 44.4 Å². The van der Waals surface area contributed by atoms with E-state index in [2.05, 4.69) is 10.6 Å². The van der Waals surface area contributed by atoms with Crippen LogP contribution in [0.2, 0.25) is 0 Å². The minimum atomic E-state index is -0.00537. The van der Waals surface area contributed by atoms with Gasteiger partial charge in [0.05, 0.1) is 23.8 Å². The number of fused-ring (bicyclic) bond motifs is 2. The molecule has 0 aliphatic carbocycles. The number of rotatable bonds is 3. The molecular formula is C15H20N2O2. The van der Waals surface area contributed by atoms with E-state index in [4.69, 9.17) is 4.74 Å². The maximum Gasteiger partial charge on any atom is 0.253 e. The van der Waals surface area contributed by atoms with Crippen LogP contribution < -0.4 is 10.6 Å². The molecule has 2 N–H and O–H groups in total. The fourth-order valence-electron chi connectivity index (χ4n) is 3.10. The first-order chi connectivity index (χ1) is 9.17. The third kappa shape index (κ3) is 2.32. The van der Waals surface area contributed by atoms with Crippen molar-refractivity contribution in [2.75, 3.05) is 12.4 Å². The normalized spacial score (nSPS) is 28.4. The summed E-state index contributed by atoms with van der Waals surface area (Å²) in [4.78, 5) is 12.4. The van der Waals surface area contributed by atoms with Crippen molar-refractivity contribution in [2.24, 2.45) is 0 Å². The molecule has 2 heterocycles. The molecule has 1 aromatic rings. The van der Waals surface area contributed by atoms with Gasteiger partial charge in [-0.25, -0.2) is 0 Å². The van der Waals surface area contributed by atoms with E-state index in [0.717, 1.165) is 30.5 Å². The van der Waals surface area contributed by atoms with Crippen LogP contribution in [0.5, 0.6) is 0 Å². The number of anilines is 1. The third-order valence-electron chi connectivity index (χ3n) is 4.11. The van der Waals surface area contributed by atoms with Gasteiger partial charge in [0.15, 0.2) is 0 Å². The van der Waals surface area contributed by atoms with Crippen LogP contribution in [-0.4, -0.2) is 31.2 Å². The average Bonchev–Trinajstić information content (AvgIpc) is 3.01. The predicted molar refractivity (Wildman–Crippen MR) is 74.5 cm³/mol. The minimum absolute atomic E-state index is 0.00537. The Morgan fingerprint density at radius 3 is 2.84 bits per heavy atom. The highest BCUT2D eigenvalue weighted by atomic mass is 16.5. The lowest BCUT2D eigenvalue weighted by atomic mass is 9.95. The Morgan fingerprint density at radius 1 is 1.37 bits per heavy atom. The number of amides is 1. The average molecular weight is 260 g/mol. The van der Waals surface area contributed by atoms with Gasteiger partial charge in [0.25, 0.3) is 5.91 Å². The van der Waals surface area contributed by atoms with E-state index in [1.54, 1.807) is 0 Å². The second-order valence-electron chi connectivity index (χ2n) is 5.49. The molecule has 1 aromatic carbocycles. The van der Waals surface area contributed by atoms with Gasteiger partial charge in [-0.3, -0.25) is 4.79 Å². The Labute approximate surface area is 113 Å². The van der Waals surface area contributed by atoms with E-state index in [1.165, 1.54) is 0 Å². The first kappa shape index (κ1) is 12.5. The van der Waals surface area contributed by atoms with Crippen LogP contribution in [0, 0.1) is 6.92 Å². The number of carbonyl (C=O) groups is 1. The number of aryl methyl sites for hydroxylation is 1.